The Labute approximate surface area is 269 Å². The van der Waals surface area contributed by atoms with Crippen LogP contribution in [0, 0.1) is 5.92 Å². The van der Waals surface area contributed by atoms with Gasteiger partial charge in [-0.05, 0) is 62.9 Å². The second-order valence-electron chi connectivity index (χ2n) is 12.9. The fourth-order valence-corrected chi connectivity index (χ4v) is 6.97. The van der Waals surface area contributed by atoms with Crippen molar-refractivity contribution in [3.63, 3.8) is 0 Å². The number of carbonyl (C=O) groups is 3. The largest absolute Gasteiger partial charge is 0.465 e. The molecule has 1 aliphatic heterocycles. The van der Waals surface area contributed by atoms with Crippen LogP contribution in [-0.2, 0) is 6.42 Å². The van der Waals surface area contributed by atoms with E-state index in [1.54, 1.807) is 29.2 Å². The highest BCUT2D eigenvalue weighted by Crippen LogP contribution is 2.25. The monoisotopic (exact) mass is 619 g/mol. The summed E-state index contributed by atoms with van der Waals surface area (Å²) in [4.78, 5) is 45.5. The van der Waals surface area contributed by atoms with Gasteiger partial charge in [-0.3, -0.25) is 9.59 Å². The Bertz CT molecular complexity index is 1230. The van der Waals surface area contributed by atoms with Crippen LogP contribution in [0.15, 0.2) is 54.6 Å². The van der Waals surface area contributed by atoms with Gasteiger partial charge in [0.15, 0.2) is 0 Å². The predicted molar refractivity (Wildman–Crippen MR) is 179 cm³/mol. The minimum absolute atomic E-state index is 0.0638. The van der Waals surface area contributed by atoms with E-state index in [1.807, 2.05) is 30.1 Å². The average Bonchev–Trinajstić information content (AvgIpc) is 3.05. The zero-order valence-corrected chi connectivity index (χ0v) is 27.4. The first-order valence-electron chi connectivity index (χ1n) is 17.0. The van der Waals surface area contributed by atoms with Crippen molar-refractivity contribution in [2.24, 2.45) is 5.92 Å². The highest BCUT2D eigenvalue weighted by molar-refractivity contribution is 5.99. The van der Waals surface area contributed by atoms with Gasteiger partial charge in [0.1, 0.15) is 0 Å². The Kier molecular flexibility index (Phi) is 13.3. The van der Waals surface area contributed by atoms with Crippen molar-refractivity contribution in [3.8, 4) is 0 Å². The summed E-state index contributed by atoms with van der Waals surface area (Å²) in [5, 5.41) is 17.4. The van der Waals surface area contributed by atoms with Crippen LogP contribution in [0.25, 0.3) is 0 Å². The normalized spacial score (nSPS) is 19.1. The summed E-state index contributed by atoms with van der Waals surface area (Å²) in [6, 6.07) is 16.8. The molecule has 1 unspecified atom stereocenters. The molecule has 1 saturated heterocycles. The minimum atomic E-state index is -0.921. The maximum absolute atomic E-state index is 14.0. The van der Waals surface area contributed by atoms with Crippen LogP contribution in [0.2, 0.25) is 0 Å². The van der Waals surface area contributed by atoms with E-state index >= 15 is 0 Å². The molecule has 1 aliphatic carbocycles. The highest BCUT2D eigenvalue weighted by atomic mass is 16.4. The van der Waals surface area contributed by atoms with Gasteiger partial charge < -0.3 is 30.4 Å². The average molecular weight is 620 g/mol. The first-order valence-corrected chi connectivity index (χ1v) is 17.0. The van der Waals surface area contributed by atoms with Crippen molar-refractivity contribution in [2.45, 2.75) is 83.3 Å². The summed E-state index contributed by atoms with van der Waals surface area (Å²) in [6.45, 7) is 7.77. The molecule has 2 aromatic rings. The number of piperazine rings is 1. The molecule has 1 saturated carbocycles. The van der Waals surface area contributed by atoms with Crippen molar-refractivity contribution < 1.29 is 19.5 Å². The third-order valence-electron chi connectivity index (χ3n) is 9.39. The molecule has 3 amide bonds. The number of nitrogens with one attached hydrogen (secondary N) is 2. The lowest BCUT2D eigenvalue weighted by atomic mass is 9.84. The number of hydrogen-bond donors (Lipinski definition) is 3. The number of nitrogens with zero attached hydrogens (tertiary/aromatic N) is 3. The van der Waals surface area contributed by atoms with Crippen LogP contribution in [0.5, 0.6) is 0 Å². The Morgan fingerprint density at radius 2 is 1.62 bits per heavy atom. The van der Waals surface area contributed by atoms with Crippen molar-refractivity contribution >= 4 is 17.9 Å². The minimum Gasteiger partial charge on any atom is -0.465 e. The third kappa shape index (κ3) is 9.78. The number of likely N-dealkylation sites (N-methyl/N-ethyl adjacent to an activating group) is 1. The molecule has 0 aromatic heterocycles. The van der Waals surface area contributed by atoms with Crippen LogP contribution in [0.4, 0.5) is 4.79 Å². The van der Waals surface area contributed by atoms with E-state index in [9.17, 15) is 19.5 Å². The Morgan fingerprint density at radius 3 is 2.29 bits per heavy atom. The predicted octanol–water partition coefficient (Wildman–Crippen LogP) is 5.12. The first-order chi connectivity index (χ1) is 21.8. The van der Waals surface area contributed by atoms with E-state index in [-0.39, 0.29) is 29.8 Å². The summed E-state index contributed by atoms with van der Waals surface area (Å²) >= 11 is 0. The standard InChI is InChI=1S/C36H53N5O4/c1-4-19-40(20-5-2)35(43)29-16-12-15-28(24-29)34(42)38-32(23-27-13-8-6-9-14-27)31(25-37-30-17-10-7-11-18-30)33-26-39(3)21-22-41(33)36(44)45/h6,8-9,12-16,24,30-33,37H,4-5,7,10-11,17-23,25-26H2,1-3H3,(H,38,42)(H,44,45)/t31-,32?,33-/m1/s1. The zero-order chi connectivity index (χ0) is 32.2. The molecule has 3 N–H and O–H groups in total. The molecule has 0 spiro atoms. The van der Waals surface area contributed by atoms with Gasteiger partial charge >= 0.3 is 6.09 Å². The smallest absolute Gasteiger partial charge is 0.407 e. The molecule has 9 nitrogen and oxygen atoms in total. The molecule has 0 bridgehead atoms. The van der Waals surface area contributed by atoms with E-state index in [4.69, 9.17) is 0 Å². The molecule has 2 aliphatic rings. The maximum Gasteiger partial charge on any atom is 0.407 e. The Balaban J connectivity index is 1.65. The maximum atomic E-state index is 14.0. The molecular weight excluding hydrogens is 566 g/mol. The summed E-state index contributed by atoms with van der Waals surface area (Å²) in [7, 11) is 2.03. The fraction of sp³-hybridized carbons (Fsp3) is 0.583. The number of carbonyl (C=O) groups excluding carboxylic acids is 2. The molecule has 1 heterocycles. The van der Waals surface area contributed by atoms with Gasteiger partial charge in [0, 0.05) is 68.4 Å². The van der Waals surface area contributed by atoms with E-state index < -0.39 is 6.09 Å². The molecule has 2 aromatic carbocycles. The van der Waals surface area contributed by atoms with Crippen LogP contribution in [0.1, 0.15) is 85.1 Å². The van der Waals surface area contributed by atoms with Gasteiger partial charge in [-0.1, -0.05) is 69.5 Å². The fourth-order valence-electron chi connectivity index (χ4n) is 6.97. The van der Waals surface area contributed by atoms with Gasteiger partial charge in [0.05, 0.1) is 6.04 Å². The van der Waals surface area contributed by atoms with Crippen LogP contribution in [0.3, 0.4) is 0 Å². The van der Waals surface area contributed by atoms with E-state index in [0.29, 0.717) is 62.9 Å². The lowest BCUT2D eigenvalue weighted by Crippen LogP contribution is -2.62. The molecule has 246 valence electrons. The number of benzene rings is 2. The van der Waals surface area contributed by atoms with Gasteiger partial charge in [-0.25, -0.2) is 4.79 Å². The lowest BCUT2D eigenvalue weighted by molar-refractivity contribution is 0.0405. The van der Waals surface area contributed by atoms with Crippen molar-refractivity contribution in [1.29, 1.82) is 0 Å². The number of carboxylic acid groups (broad SMARTS) is 1. The highest BCUT2D eigenvalue weighted by Gasteiger charge is 2.40. The number of hydrogen-bond acceptors (Lipinski definition) is 5. The van der Waals surface area contributed by atoms with Crippen LogP contribution >= 0.6 is 0 Å². The molecule has 9 heteroatoms. The Morgan fingerprint density at radius 1 is 0.933 bits per heavy atom. The Hall–Kier alpha value is -3.43. The summed E-state index contributed by atoms with van der Waals surface area (Å²) in [6.07, 6.45) is 7.26. The summed E-state index contributed by atoms with van der Waals surface area (Å²) in [5.74, 6) is -0.493. The quantitative estimate of drug-likeness (QED) is 0.271. The van der Waals surface area contributed by atoms with Gasteiger partial charge in [-0.15, -0.1) is 0 Å². The molecule has 0 radical (unpaired) electrons. The van der Waals surface area contributed by atoms with Gasteiger partial charge in [0.25, 0.3) is 11.8 Å². The second kappa shape index (κ2) is 17.3. The van der Waals surface area contributed by atoms with E-state index in [2.05, 4.69) is 41.5 Å². The molecule has 2 fully saturated rings. The summed E-state index contributed by atoms with van der Waals surface area (Å²) in [5.41, 5.74) is 2.02. The molecular formula is C36H53N5O4. The first kappa shape index (κ1) is 34.4. The molecule has 45 heavy (non-hydrogen) atoms. The number of amides is 3. The second-order valence-corrected chi connectivity index (χ2v) is 12.9. The van der Waals surface area contributed by atoms with Crippen LogP contribution < -0.4 is 10.6 Å². The molecule has 3 atom stereocenters. The zero-order valence-electron chi connectivity index (χ0n) is 27.4. The molecule has 4 rings (SSSR count). The van der Waals surface area contributed by atoms with Crippen LogP contribution in [-0.4, -0.2) is 102 Å². The van der Waals surface area contributed by atoms with Crippen molar-refractivity contribution in [3.05, 3.63) is 71.3 Å². The van der Waals surface area contributed by atoms with Crippen molar-refractivity contribution in [2.75, 3.05) is 46.3 Å². The lowest BCUT2D eigenvalue weighted by Gasteiger charge is -2.45. The van der Waals surface area contributed by atoms with E-state index in [1.165, 1.54) is 19.3 Å². The SMILES string of the molecule is CCCN(CCC)C(=O)c1cccc(C(=O)NC(Cc2ccccc2)[C@@H](CNC2CCCCC2)[C@H]2CN(C)CCN2C(=O)O)c1. The van der Waals surface area contributed by atoms with Gasteiger partial charge in [-0.2, -0.15) is 0 Å². The topological polar surface area (TPSA) is 105 Å². The number of rotatable bonds is 14. The third-order valence-corrected chi connectivity index (χ3v) is 9.39. The van der Waals surface area contributed by atoms with Crippen molar-refractivity contribution in [1.82, 2.24) is 25.3 Å². The van der Waals surface area contributed by atoms with E-state index in [0.717, 1.165) is 31.2 Å². The van der Waals surface area contributed by atoms with Gasteiger partial charge in [0.2, 0.25) is 0 Å². The summed E-state index contributed by atoms with van der Waals surface area (Å²) < 4.78 is 0.